The number of carbonyl (C=O) groups is 2. The first-order valence-electron chi connectivity index (χ1n) is 13.3. The van der Waals surface area contributed by atoms with Crippen LogP contribution in [0.2, 0.25) is 0 Å². The van der Waals surface area contributed by atoms with Crippen molar-refractivity contribution in [3.63, 3.8) is 0 Å². The second-order valence-corrected chi connectivity index (χ2v) is 11.9. The highest BCUT2D eigenvalue weighted by Crippen LogP contribution is 2.58. The van der Waals surface area contributed by atoms with E-state index in [0.29, 0.717) is 11.3 Å². The lowest BCUT2D eigenvalue weighted by molar-refractivity contribution is -0.117. The van der Waals surface area contributed by atoms with E-state index in [1.807, 2.05) is 0 Å². The van der Waals surface area contributed by atoms with E-state index in [1.165, 1.54) is 42.2 Å². The van der Waals surface area contributed by atoms with E-state index in [9.17, 15) is 9.59 Å². The number of carbonyl (C=O) groups excluding carboxylic acids is 2. The van der Waals surface area contributed by atoms with Gasteiger partial charge in [0.2, 0.25) is 5.91 Å². The van der Waals surface area contributed by atoms with Crippen LogP contribution in [0.15, 0.2) is 36.0 Å². The zero-order valence-electron chi connectivity index (χ0n) is 22.6. The van der Waals surface area contributed by atoms with Crippen LogP contribution < -0.4 is 5.32 Å². The fourth-order valence-electron chi connectivity index (χ4n) is 5.56. The summed E-state index contributed by atoms with van der Waals surface area (Å²) >= 11 is 0. The fourth-order valence-corrected chi connectivity index (χ4v) is 5.56. The molecule has 0 aromatic carbocycles. The molecule has 2 amide bonds. The Hall–Kier alpha value is -2.08. The van der Waals surface area contributed by atoms with Gasteiger partial charge in [0, 0.05) is 26.2 Å². The number of allylic oxidation sites excluding steroid dienone is 3. The average molecular weight is 487 g/mol. The number of ether oxygens (including phenoxy) is 2. The highest BCUT2D eigenvalue weighted by molar-refractivity contribution is 5.87. The van der Waals surface area contributed by atoms with Crippen LogP contribution in [0, 0.1) is 11.3 Å². The molecule has 1 aliphatic heterocycles. The predicted octanol–water partition coefficient (Wildman–Crippen LogP) is 5.93. The summed E-state index contributed by atoms with van der Waals surface area (Å²) in [6.45, 7) is 8.39. The van der Waals surface area contributed by atoms with Crippen molar-refractivity contribution >= 4 is 12.0 Å². The molecule has 0 aromatic heterocycles. The Kier molecular flexibility index (Phi) is 9.25. The molecule has 1 saturated heterocycles. The number of hydrogen-bond acceptors (Lipinski definition) is 4. The lowest BCUT2D eigenvalue weighted by Crippen LogP contribution is -2.39. The Morgan fingerprint density at radius 3 is 2.46 bits per heavy atom. The van der Waals surface area contributed by atoms with Crippen LogP contribution in [0.3, 0.4) is 0 Å². The molecular formula is C29H46N2O4. The van der Waals surface area contributed by atoms with E-state index in [1.54, 1.807) is 27.1 Å². The van der Waals surface area contributed by atoms with Crippen molar-refractivity contribution in [1.29, 1.82) is 0 Å². The molecule has 3 aliphatic rings. The Labute approximate surface area is 212 Å². The van der Waals surface area contributed by atoms with Gasteiger partial charge in [0.25, 0.3) is 0 Å². The van der Waals surface area contributed by atoms with Gasteiger partial charge in [0.15, 0.2) is 0 Å². The lowest BCUT2D eigenvalue weighted by Gasteiger charge is -2.40. The van der Waals surface area contributed by atoms with Gasteiger partial charge < -0.3 is 19.7 Å². The van der Waals surface area contributed by atoms with E-state index in [-0.39, 0.29) is 23.7 Å². The second-order valence-electron chi connectivity index (χ2n) is 11.9. The van der Waals surface area contributed by atoms with E-state index in [4.69, 9.17) is 9.47 Å². The molecule has 6 heteroatoms. The largest absolute Gasteiger partial charge is 0.442 e. The summed E-state index contributed by atoms with van der Waals surface area (Å²) in [5, 5.41) is 3.09. The topological polar surface area (TPSA) is 67.9 Å². The first kappa shape index (κ1) is 27.5. The summed E-state index contributed by atoms with van der Waals surface area (Å²) in [5.41, 5.74) is 1.85. The van der Waals surface area contributed by atoms with Gasteiger partial charge in [0.1, 0.15) is 6.10 Å². The van der Waals surface area contributed by atoms with Crippen LogP contribution >= 0.6 is 0 Å². The first-order chi connectivity index (χ1) is 16.5. The van der Waals surface area contributed by atoms with Crippen molar-refractivity contribution in [3.8, 4) is 0 Å². The number of rotatable bonds is 8. The average Bonchev–Trinajstić information content (AvgIpc) is 3.51. The van der Waals surface area contributed by atoms with Crippen molar-refractivity contribution in [3.05, 3.63) is 36.0 Å². The van der Waals surface area contributed by atoms with Crippen LogP contribution in [0.1, 0.15) is 85.5 Å². The van der Waals surface area contributed by atoms with Gasteiger partial charge in [-0.1, -0.05) is 23.8 Å². The molecule has 1 spiro atoms. The third-order valence-electron chi connectivity index (χ3n) is 7.57. The molecule has 1 N–H and O–H groups in total. The number of amides is 2. The molecule has 3 fully saturated rings. The third kappa shape index (κ3) is 9.14. The molecule has 0 radical (unpaired) electrons. The fraction of sp³-hybridized carbons (Fsp3) is 0.724. The summed E-state index contributed by atoms with van der Waals surface area (Å²) in [4.78, 5) is 25.2. The number of hydrogen-bond donors (Lipinski definition) is 1. The molecule has 2 saturated carbocycles. The van der Waals surface area contributed by atoms with Gasteiger partial charge in [-0.3, -0.25) is 4.79 Å². The SMILES string of the molecule is CC(/C=C/[C@@H]1CC2(CC2)CC(C)(C)O1)=C\CC1CCC(NC(=O)/C=C\[C@H](C)OC(=O)N(C)C)CC1. The van der Waals surface area contributed by atoms with Crippen molar-refractivity contribution in [2.24, 2.45) is 11.3 Å². The van der Waals surface area contributed by atoms with Crippen LogP contribution in [0.4, 0.5) is 4.79 Å². The third-order valence-corrected chi connectivity index (χ3v) is 7.57. The summed E-state index contributed by atoms with van der Waals surface area (Å²) in [7, 11) is 3.26. The Morgan fingerprint density at radius 1 is 1.14 bits per heavy atom. The molecule has 3 rings (SSSR count). The van der Waals surface area contributed by atoms with E-state index >= 15 is 0 Å². The molecule has 0 aromatic rings. The summed E-state index contributed by atoms with van der Waals surface area (Å²) < 4.78 is 11.5. The minimum Gasteiger partial charge on any atom is -0.442 e. The highest BCUT2D eigenvalue weighted by Gasteiger charge is 2.51. The van der Waals surface area contributed by atoms with Crippen molar-refractivity contribution in [2.45, 2.75) is 109 Å². The summed E-state index contributed by atoms with van der Waals surface area (Å²) in [5.74, 6) is 0.551. The molecule has 1 heterocycles. The first-order valence-corrected chi connectivity index (χ1v) is 13.3. The molecule has 0 bridgehead atoms. The van der Waals surface area contributed by atoms with Crippen LogP contribution in [-0.2, 0) is 14.3 Å². The predicted molar refractivity (Wildman–Crippen MR) is 140 cm³/mol. The van der Waals surface area contributed by atoms with Gasteiger partial charge in [-0.05, 0) is 103 Å². The van der Waals surface area contributed by atoms with Gasteiger partial charge in [-0.25, -0.2) is 4.79 Å². The van der Waals surface area contributed by atoms with Crippen LogP contribution in [0.25, 0.3) is 0 Å². The quantitative estimate of drug-likeness (QED) is 0.341. The highest BCUT2D eigenvalue weighted by atomic mass is 16.6. The standard InChI is InChI=1S/C29H46N2O4/c1-21(8-15-25-19-29(17-18-29)20-28(3,4)35-25)7-10-23-11-13-24(14-12-23)30-26(32)16-9-22(2)34-27(33)31(5)6/h7-9,15-16,22-25H,10-14,17-20H2,1-6H3,(H,30,32)/b15-8+,16-9-,21-7+/t22-,23?,24?,25+/m0/s1. The summed E-state index contributed by atoms with van der Waals surface area (Å²) in [6.07, 6.45) is 19.8. The molecule has 2 atom stereocenters. The zero-order valence-corrected chi connectivity index (χ0v) is 22.6. The normalized spacial score (nSPS) is 28.7. The maximum atomic E-state index is 12.2. The van der Waals surface area contributed by atoms with Gasteiger partial charge in [-0.2, -0.15) is 0 Å². The monoisotopic (exact) mass is 486 g/mol. The maximum Gasteiger partial charge on any atom is 0.409 e. The number of nitrogens with zero attached hydrogens (tertiary/aromatic N) is 1. The van der Waals surface area contributed by atoms with Crippen molar-refractivity contribution in [1.82, 2.24) is 10.2 Å². The second kappa shape index (κ2) is 11.8. The van der Waals surface area contributed by atoms with Crippen molar-refractivity contribution in [2.75, 3.05) is 14.1 Å². The summed E-state index contributed by atoms with van der Waals surface area (Å²) in [6, 6.07) is 0.217. The minimum absolute atomic E-state index is 0.0115. The zero-order chi connectivity index (χ0) is 25.6. The maximum absolute atomic E-state index is 12.2. The molecule has 2 aliphatic carbocycles. The van der Waals surface area contributed by atoms with E-state index in [2.05, 4.69) is 44.3 Å². The lowest BCUT2D eigenvalue weighted by atomic mass is 9.82. The van der Waals surface area contributed by atoms with Crippen LogP contribution in [0.5, 0.6) is 0 Å². The Balaban J connectivity index is 1.35. The van der Waals surface area contributed by atoms with Gasteiger partial charge in [-0.15, -0.1) is 0 Å². The Morgan fingerprint density at radius 2 is 1.83 bits per heavy atom. The Bertz CT molecular complexity index is 824. The molecule has 196 valence electrons. The minimum atomic E-state index is -0.443. The van der Waals surface area contributed by atoms with Crippen molar-refractivity contribution < 1.29 is 19.1 Å². The van der Waals surface area contributed by atoms with Gasteiger partial charge in [0.05, 0.1) is 11.7 Å². The smallest absolute Gasteiger partial charge is 0.409 e. The van der Waals surface area contributed by atoms with Gasteiger partial charge >= 0.3 is 6.09 Å². The molecular weight excluding hydrogens is 440 g/mol. The molecule has 35 heavy (non-hydrogen) atoms. The number of nitrogens with one attached hydrogen (secondary N) is 1. The van der Waals surface area contributed by atoms with Crippen LogP contribution in [-0.4, -0.2) is 54.8 Å². The molecule has 6 nitrogen and oxygen atoms in total. The molecule has 0 unspecified atom stereocenters. The van der Waals surface area contributed by atoms with E-state index in [0.717, 1.165) is 32.1 Å². The van der Waals surface area contributed by atoms with E-state index < -0.39 is 12.2 Å².